The van der Waals surface area contributed by atoms with Crippen LogP contribution < -0.4 is 0 Å². The average molecular weight is 478 g/mol. The van der Waals surface area contributed by atoms with Gasteiger partial charge >= 0.3 is 6.18 Å². The van der Waals surface area contributed by atoms with Gasteiger partial charge in [0, 0.05) is 0 Å². The zero-order valence-corrected chi connectivity index (χ0v) is 18.7. The first kappa shape index (κ1) is 23.3. The molecule has 8 heteroatoms. The highest BCUT2D eigenvalue weighted by Crippen LogP contribution is 2.36. The van der Waals surface area contributed by atoms with Crippen molar-refractivity contribution < 1.29 is 22.8 Å². The Morgan fingerprint density at radius 3 is 2.41 bits per heavy atom. The summed E-state index contributed by atoms with van der Waals surface area (Å²) in [6.45, 7) is 1.40. The van der Waals surface area contributed by atoms with Crippen molar-refractivity contribution in [3.05, 3.63) is 99.5 Å². The summed E-state index contributed by atoms with van der Waals surface area (Å²) in [7, 11) is 0. The van der Waals surface area contributed by atoms with Crippen LogP contribution in [0.4, 0.5) is 18.0 Å². The zero-order chi connectivity index (χ0) is 24.5. The van der Waals surface area contributed by atoms with Crippen molar-refractivity contribution >= 4 is 29.0 Å². The number of carbonyl (C=O) groups is 2. The Kier molecular flexibility index (Phi) is 6.31. The lowest BCUT2D eigenvalue weighted by atomic mass is 9.99. The molecule has 4 nitrogen and oxygen atoms in total. The van der Waals surface area contributed by atoms with Gasteiger partial charge < -0.3 is 0 Å². The Bertz CT molecular complexity index is 1360. The number of hydrogen-bond acceptors (Lipinski definition) is 4. The molecule has 0 spiro atoms. The van der Waals surface area contributed by atoms with E-state index >= 15 is 0 Å². The quantitative estimate of drug-likeness (QED) is 0.388. The number of rotatable bonds is 4. The van der Waals surface area contributed by atoms with Crippen molar-refractivity contribution in [3.63, 3.8) is 0 Å². The molecule has 1 aliphatic rings. The molecule has 0 unspecified atom stereocenters. The Morgan fingerprint density at radius 2 is 1.74 bits per heavy atom. The number of aryl methyl sites for hydroxylation is 1. The summed E-state index contributed by atoms with van der Waals surface area (Å²) >= 11 is 0.700. The second kappa shape index (κ2) is 9.20. The van der Waals surface area contributed by atoms with Crippen molar-refractivity contribution in [1.29, 1.82) is 5.26 Å². The van der Waals surface area contributed by atoms with E-state index in [1.54, 1.807) is 24.3 Å². The van der Waals surface area contributed by atoms with Crippen molar-refractivity contribution in [3.8, 4) is 17.2 Å². The van der Waals surface area contributed by atoms with Gasteiger partial charge in [-0.1, -0.05) is 54.6 Å². The van der Waals surface area contributed by atoms with Gasteiger partial charge in [0.05, 0.1) is 28.6 Å². The van der Waals surface area contributed by atoms with Crippen molar-refractivity contribution in [1.82, 2.24) is 4.90 Å². The van der Waals surface area contributed by atoms with Crippen LogP contribution in [0.15, 0.2) is 71.6 Å². The summed E-state index contributed by atoms with van der Waals surface area (Å²) in [5.74, 6) is -0.553. The van der Waals surface area contributed by atoms with Gasteiger partial charge in [0.25, 0.3) is 11.1 Å². The molecule has 0 aromatic heterocycles. The molecule has 3 aromatic carbocycles. The van der Waals surface area contributed by atoms with Gasteiger partial charge in [0.15, 0.2) is 0 Å². The molecule has 170 valence electrons. The monoisotopic (exact) mass is 478 g/mol. The maximum atomic E-state index is 13.2. The van der Waals surface area contributed by atoms with E-state index in [0.717, 1.165) is 22.1 Å². The molecule has 0 bridgehead atoms. The summed E-state index contributed by atoms with van der Waals surface area (Å²) < 4.78 is 39.6. The minimum Gasteiger partial charge on any atom is -0.268 e. The zero-order valence-electron chi connectivity index (χ0n) is 17.9. The Balaban J connectivity index is 1.53. The van der Waals surface area contributed by atoms with Crippen LogP contribution in [0.25, 0.3) is 17.2 Å². The summed E-state index contributed by atoms with van der Waals surface area (Å²) in [6, 6.07) is 20.3. The molecule has 1 saturated heterocycles. The Morgan fingerprint density at radius 1 is 1.03 bits per heavy atom. The van der Waals surface area contributed by atoms with Gasteiger partial charge in [-0.2, -0.15) is 18.4 Å². The lowest BCUT2D eigenvalue weighted by Gasteiger charge is -2.13. The molecule has 1 heterocycles. The first-order valence-corrected chi connectivity index (χ1v) is 11.0. The van der Waals surface area contributed by atoms with Gasteiger partial charge in [-0.25, -0.2) is 0 Å². The number of thioether (sulfide) groups is 1. The predicted octanol–water partition coefficient (Wildman–Crippen LogP) is 6.79. The van der Waals surface area contributed by atoms with Crippen LogP contribution in [-0.2, 0) is 17.5 Å². The van der Waals surface area contributed by atoms with Gasteiger partial charge in [0.1, 0.15) is 0 Å². The second-order valence-corrected chi connectivity index (χ2v) is 8.69. The molecule has 3 aromatic rings. The first-order valence-electron chi connectivity index (χ1n) is 10.2. The van der Waals surface area contributed by atoms with E-state index in [2.05, 4.69) is 6.07 Å². The molecule has 0 atom stereocenters. The van der Waals surface area contributed by atoms with E-state index in [9.17, 15) is 28.0 Å². The standard InChI is InChI=1S/C26H17F3N2O2S/c1-16-6-7-18(12-22(16)26(27,28)29)13-23-24(32)31(25(33)34-23)15-17-8-10-19(11-9-17)21-5-3-2-4-20(21)14-30/h2-13H,15H2,1H3/b23-13-. The third-order valence-electron chi connectivity index (χ3n) is 5.39. The predicted molar refractivity (Wildman–Crippen MR) is 124 cm³/mol. The second-order valence-electron chi connectivity index (χ2n) is 7.69. The van der Waals surface area contributed by atoms with E-state index in [4.69, 9.17) is 0 Å². The molecule has 2 amide bonds. The number of nitrogens with zero attached hydrogens (tertiary/aromatic N) is 2. The molecular formula is C26H17F3N2O2S. The number of imide groups is 1. The lowest BCUT2D eigenvalue weighted by molar-refractivity contribution is -0.138. The van der Waals surface area contributed by atoms with Crippen molar-refractivity contribution in [2.75, 3.05) is 0 Å². The third kappa shape index (κ3) is 4.75. The number of halogens is 3. The van der Waals surface area contributed by atoms with Gasteiger partial charge in [-0.3, -0.25) is 14.5 Å². The molecular weight excluding hydrogens is 461 g/mol. The highest BCUT2D eigenvalue weighted by atomic mass is 32.2. The van der Waals surface area contributed by atoms with Crippen LogP contribution in [0.5, 0.6) is 0 Å². The van der Waals surface area contributed by atoms with Crippen LogP contribution >= 0.6 is 11.8 Å². The molecule has 1 aliphatic heterocycles. The molecule has 0 radical (unpaired) electrons. The van der Waals surface area contributed by atoms with E-state index in [1.165, 1.54) is 25.1 Å². The molecule has 4 rings (SSSR count). The number of alkyl halides is 3. The first-order chi connectivity index (χ1) is 16.2. The van der Waals surface area contributed by atoms with E-state index in [0.29, 0.717) is 22.9 Å². The van der Waals surface area contributed by atoms with Crippen LogP contribution in [0.2, 0.25) is 0 Å². The van der Waals surface area contributed by atoms with Crippen molar-refractivity contribution in [2.24, 2.45) is 0 Å². The summed E-state index contributed by atoms with van der Waals surface area (Å²) in [5.41, 5.74) is 2.35. The number of benzene rings is 3. The van der Waals surface area contributed by atoms with E-state index < -0.39 is 22.9 Å². The summed E-state index contributed by atoms with van der Waals surface area (Å²) in [4.78, 5) is 26.4. The fourth-order valence-electron chi connectivity index (χ4n) is 3.63. The number of nitriles is 1. The Hall–Kier alpha value is -3.83. The van der Waals surface area contributed by atoms with Gasteiger partial charge in [0.2, 0.25) is 0 Å². The van der Waals surface area contributed by atoms with Crippen LogP contribution in [0.3, 0.4) is 0 Å². The number of carbonyl (C=O) groups excluding carboxylic acids is 2. The minimum atomic E-state index is -4.51. The molecule has 34 heavy (non-hydrogen) atoms. The largest absolute Gasteiger partial charge is 0.416 e. The number of amides is 2. The molecule has 0 N–H and O–H groups in total. The highest BCUT2D eigenvalue weighted by molar-refractivity contribution is 8.18. The minimum absolute atomic E-state index is 0.0316. The number of hydrogen-bond donors (Lipinski definition) is 0. The average Bonchev–Trinajstić information content (AvgIpc) is 3.07. The van der Waals surface area contributed by atoms with Gasteiger partial charge in [-0.15, -0.1) is 0 Å². The van der Waals surface area contributed by atoms with E-state index in [-0.39, 0.29) is 22.6 Å². The van der Waals surface area contributed by atoms with Crippen LogP contribution in [0, 0.1) is 18.3 Å². The topological polar surface area (TPSA) is 61.2 Å². The van der Waals surface area contributed by atoms with E-state index in [1.807, 2.05) is 24.3 Å². The maximum absolute atomic E-state index is 13.2. The molecule has 0 saturated carbocycles. The highest BCUT2D eigenvalue weighted by Gasteiger charge is 2.36. The Labute approximate surface area is 198 Å². The van der Waals surface area contributed by atoms with Crippen molar-refractivity contribution in [2.45, 2.75) is 19.6 Å². The van der Waals surface area contributed by atoms with Crippen LogP contribution in [0.1, 0.15) is 27.8 Å². The lowest BCUT2D eigenvalue weighted by Crippen LogP contribution is -2.27. The van der Waals surface area contributed by atoms with Gasteiger partial charge in [-0.05, 0) is 64.7 Å². The molecule has 1 fully saturated rings. The smallest absolute Gasteiger partial charge is 0.268 e. The SMILES string of the molecule is Cc1ccc(/C=C2\SC(=O)N(Cc3ccc(-c4ccccc4C#N)cc3)C2=O)cc1C(F)(F)F. The third-order valence-corrected chi connectivity index (χ3v) is 6.30. The molecule has 0 aliphatic carbocycles. The fraction of sp³-hybridized carbons (Fsp3) is 0.115. The normalized spacial score (nSPS) is 15.1. The summed E-state index contributed by atoms with van der Waals surface area (Å²) in [6.07, 6.45) is -3.20. The van der Waals surface area contributed by atoms with Crippen LogP contribution in [-0.4, -0.2) is 16.0 Å². The fourth-order valence-corrected chi connectivity index (χ4v) is 4.47. The summed E-state index contributed by atoms with van der Waals surface area (Å²) in [5, 5.41) is 8.80. The maximum Gasteiger partial charge on any atom is 0.416 e.